The van der Waals surface area contributed by atoms with Gasteiger partial charge >= 0.3 is 6.18 Å². The Morgan fingerprint density at radius 2 is 2.15 bits per heavy atom. The van der Waals surface area contributed by atoms with Crippen LogP contribution in [0.15, 0.2) is 5.16 Å². The van der Waals surface area contributed by atoms with E-state index in [0.29, 0.717) is 0 Å². The summed E-state index contributed by atoms with van der Waals surface area (Å²) in [5, 5.41) is 6.46. The van der Waals surface area contributed by atoms with Gasteiger partial charge in [-0.3, -0.25) is 0 Å². The van der Waals surface area contributed by atoms with Gasteiger partial charge in [-0.25, -0.2) is 0 Å². The average molecular weight is 210 g/mol. The summed E-state index contributed by atoms with van der Waals surface area (Å²) >= 11 is 1.10. The van der Waals surface area contributed by atoms with E-state index in [-0.39, 0.29) is 5.16 Å². The van der Waals surface area contributed by atoms with Crippen molar-refractivity contribution in [3.05, 3.63) is 11.6 Å². The van der Waals surface area contributed by atoms with Gasteiger partial charge in [0.1, 0.15) is 0 Å². The van der Waals surface area contributed by atoms with E-state index in [1.165, 1.54) is 0 Å². The zero-order valence-corrected chi connectivity index (χ0v) is 7.54. The molecule has 1 aromatic rings. The fourth-order valence-corrected chi connectivity index (χ4v) is 1.16. The molecular weight excluding hydrogens is 203 g/mol. The van der Waals surface area contributed by atoms with Gasteiger partial charge in [-0.1, -0.05) is 18.7 Å². The summed E-state index contributed by atoms with van der Waals surface area (Å²) < 4.78 is 35.9. The van der Waals surface area contributed by atoms with Crippen molar-refractivity contribution in [2.45, 2.75) is 24.7 Å². The molecule has 0 saturated heterocycles. The smallest absolute Gasteiger partial charge is 0.312 e. The summed E-state index contributed by atoms with van der Waals surface area (Å²) in [6, 6.07) is 0. The third kappa shape index (κ3) is 2.91. The van der Waals surface area contributed by atoms with E-state index in [9.17, 15) is 13.2 Å². The molecule has 3 nitrogen and oxygen atoms in total. The minimum atomic E-state index is -4.45. The molecule has 0 aliphatic heterocycles. The quantitative estimate of drug-likeness (QED) is 0.779. The highest BCUT2D eigenvalue weighted by molar-refractivity contribution is 8.01. The zero-order chi connectivity index (χ0) is 9.90. The first-order valence-corrected chi connectivity index (χ1v) is 4.40. The predicted molar refractivity (Wildman–Crippen MR) is 41.8 cm³/mol. The second-order valence-electron chi connectivity index (χ2n) is 2.17. The van der Waals surface area contributed by atoms with E-state index in [0.717, 1.165) is 18.2 Å². The molecule has 0 aliphatic rings. The number of nitrogens with one attached hydrogen (secondary N) is 1. The number of aromatic amines is 1. The van der Waals surface area contributed by atoms with Crippen molar-refractivity contribution in [2.75, 3.05) is 0 Å². The second-order valence-corrected chi connectivity index (χ2v) is 3.13. The van der Waals surface area contributed by atoms with Crippen LogP contribution in [0.2, 0.25) is 0 Å². The van der Waals surface area contributed by atoms with Gasteiger partial charge in [-0.15, -0.1) is 10.2 Å². The Hall–Kier alpha value is -0.720. The van der Waals surface area contributed by atoms with Gasteiger partial charge in [-0.05, 0) is 6.42 Å². The van der Waals surface area contributed by atoms with Gasteiger partial charge in [0.05, 0.1) is 0 Å². The molecule has 13 heavy (non-hydrogen) atoms. The molecule has 0 aliphatic carbocycles. The van der Waals surface area contributed by atoms with Crippen LogP contribution < -0.4 is 0 Å². The number of hydrogen-bond acceptors (Lipinski definition) is 3. The molecule has 0 bridgehead atoms. The number of hydrogen-bond donors (Lipinski definition) is 1. The maximum atomic E-state index is 12.0. The SMILES string of the molecule is CC[CH]Sc1nnc(C(F)(F)F)[nH]1. The molecule has 1 radical (unpaired) electrons. The molecule has 1 heterocycles. The van der Waals surface area contributed by atoms with E-state index >= 15 is 0 Å². The van der Waals surface area contributed by atoms with Crippen LogP contribution in [-0.4, -0.2) is 15.2 Å². The molecule has 1 aromatic heterocycles. The van der Waals surface area contributed by atoms with Gasteiger partial charge in [0.25, 0.3) is 0 Å². The topological polar surface area (TPSA) is 41.6 Å². The Morgan fingerprint density at radius 1 is 1.46 bits per heavy atom. The molecule has 0 atom stereocenters. The molecule has 0 aromatic carbocycles. The molecule has 7 heteroatoms. The molecule has 0 spiro atoms. The molecule has 73 valence electrons. The fraction of sp³-hybridized carbons (Fsp3) is 0.500. The van der Waals surface area contributed by atoms with Gasteiger partial charge in [0, 0.05) is 5.75 Å². The summed E-state index contributed by atoms with van der Waals surface area (Å²) in [5.74, 6) is 0.681. The van der Waals surface area contributed by atoms with Crippen LogP contribution in [0.3, 0.4) is 0 Å². The van der Waals surface area contributed by atoms with Crippen LogP contribution in [-0.2, 0) is 6.18 Å². The Bertz CT molecular complexity index is 270. The summed E-state index contributed by atoms with van der Waals surface area (Å²) in [4.78, 5) is 2.07. The number of alkyl halides is 3. The molecule has 0 fully saturated rings. The number of nitrogens with zero attached hydrogens (tertiary/aromatic N) is 2. The summed E-state index contributed by atoms with van der Waals surface area (Å²) in [6.45, 7) is 1.88. The van der Waals surface area contributed by atoms with E-state index in [2.05, 4.69) is 15.2 Å². The van der Waals surface area contributed by atoms with Crippen molar-refractivity contribution in [3.63, 3.8) is 0 Å². The maximum absolute atomic E-state index is 12.0. The van der Waals surface area contributed by atoms with E-state index < -0.39 is 12.0 Å². The van der Waals surface area contributed by atoms with Crippen LogP contribution in [0.25, 0.3) is 0 Å². The van der Waals surface area contributed by atoms with Crippen molar-refractivity contribution in [1.29, 1.82) is 0 Å². The minimum absolute atomic E-state index is 0.161. The Labute approximate surface area is 77.1 Å². The number of H-pyrrole nitrogens is 1. The van der Waals surface area contributed by atoms with Crippen molar-refractivity contribution in [3.8, 4) is 0 Å². The van der Waals surface area contributed by atoms with E-state index in [1.54, 1.807) is 5.75 Å². The lowest BCUT2D eigenvalue weighted by atomic mass is 10.6. The van der Waals surface area contributed by atoms with Gasteiger partial charge in [-0.2, -0.15) is 13.2 Å². The minimum Gasteiger partial charge on any atom is -0.312 e. The molecular formula is C6H7F3N3S. The van der Waals surface area contributed by atoms with Crippen molar-refractivity contribution in [1.82, 2.24) is 15.2 Å². The molecule has 1 N–H and O–H groups in total. The van der Waals surface area contributed by atoms with Crippen LogP contribution in [0, 0.1) is 5.75 Å². The van der Waals surface area contributed by atoms with Crippen molar-refractivity contribution < 1.29 is 13.2 Å². The lowest BCUT2D eigenvalue weighted by molar-refractivity contribution is -0.144. The monoisotopic (exact) mass is 210 g/mol. The van der Waals surface area contributed by atoms with Gasteiger partial charge in [0.15, 0.2) is 5.16 Å². The summed E-state index contributed by atoms with van der Waals surface area (Å²) in [7, 11) is 0. The normalized spacial score (nSPS) is 12.0. The highest BCUT2D eigenvalue weighted by Gasteiger charge is 2.35. The van der Waals surface area contributed by atoms with Crippen LogP contribution in [0.4, 0.5) is 13.2 Å². The van der Waals surface area contributed by atoms with Crippen LogP contribution in [0.5, 0.6) is 0 Å². The molecule has 0 saturated carbocycles. The lowest BCUT2D eigenvalue weighted by Crippen LogP contribution is -2.07. The standard InChI is InChI=1S/C6H7F3N3S/c1-2-3-13-5-10-4(11-12-5)6(7,8)9/h3H,2H2,1H3,(H,10,11,12). The second kappa shape index (κ2) is 3.99. The zero-order valence-electron chi connectivity index (χ0n) is 6.72. The fourth-order valence-electron chi connectivity index (χ4n) is 0.590. The van der Waals surface area contributed by atoms with Crippen molar-refractivity contribution in [2.24, 2.45) is 0 Å². The summed E-state index contributed by atoms with van der Waals surface area (Å²) in [5.41, 5.74) is 0. The van der Waals surface area contributed by atoms with E-state index in [1.807, 2.05) is 6.92 Å². The number of halogens is 3. The highest BCUT2D eigenvalue weighted by atomic mass is 32.2. The number of thioether (sulfide) groups is 1. The van der Waals surface area contributed by atoms with Crippen LogP contribution >= 0.6 is 11.8 Å². The third-order valence-corrected chi connectivity index (χ3v) is 2.00. The Balaban J connectivity index is 2.64. The first-order valence-electron chi connectivity index (χ1n) is 3.52. The largest absolute Gasteiger partial charge is 0.451 e. The van der Waals surface area contributed by atoms with Gasteiger partial charge < -0.3 is 4.98 Å². The molecule has 0 unspecified atom stereocenters. The van der Waals surface area contributed by atoms with E-state index in [4.69, 9.17) is 0 Å². The lowest BCUT2D eigenvalue weighted by Gasteiger charge is -1.98. The first kappa shape index (κ1) is 10.4. The first-order chi connectivity index (χ1) is 6.04. The average Bonchev–Trinajstić information content (AvgIpc) is 2.47. The molecule has 0 amide bonds. The Morgan fingerprint density at radius 3 is 2.62 bits per heavy atom. The van der Waals surface area contributed by atoms with Crippen molar-refractivity contribution >= 4 is 11.8 Å². The third-order valence-electron chi connectivity index (χ3n) is 1.10. The highest BCUT2D eigenvalue weighted by Crippen LogP contribution is 2.27. The molecule has 1 rings (SSSR count). The summed E-state index contributed by atoms with van der Waals surface area (Å²) in [6.07, 6.45) is -3.69. The predicted octanol–water partition coefficient (Wildman–Crippen LogP) is 2.49. The maximum Gasteiger partial charge on any atom is 0.451 e. The number of aromatic nitrogens is 3. The van der Waals surface area contributed by atoms with Crippen LogP contribution in [0.1, 0.15) is 19.2 Å². The van der Waals surface area contributed by atoms with Gasteiger partial charge in [0.2, 0.25) is 5.82 Å². The Kier molecular flexibility index (Phi) is 3.18. The number of rotatable bonds is 3.